The molecule has 0 amide bonds. The lowest BCUT2D eigenvalue weighted by molar-refractivity contribution is -0.135. The molecule has 0 aliphatic rings. The van der Waals surface area contributed by atoms with Crippen molar-refractivity contribution in [2.75, 3.05) is 7.11 Å². The topological polar surface area (TPSA) is 46.5 Å². The molecule has 0 saturated carbocycles. The summed E-state index contributed by atoms with van der Waals surface area (Å²) in [6, 6.07) is 2.06. The van der Waals surface area contributed by atoms with Crippen molar-refractivity contribution in [1.29, 1.82) is 0 Å². The Labute approximate surface area is 98.5 Å². The van der Waals surface area contributed by atoms with E-state index in [1.807, 2.05) is 0 Å². The van der Waals surface area contributed by atoms with Crippen LogP contribution in [0.4, 0.5) is 8.78 Å². The summed E-state index contributed by atoms with van der Waals surface area (Å²) < 4.78 is 31.3. The number of benzene rings is 1. The highest BCUT2D eigenvalue weighted by Crippen LogP contribution is 2.21. The first-order chi connectivity index (χ1) is 7.45. The maximum Gasteiger partial charge on any atom is 0.371 e. The van der Waals surface area contributed by atoms with Gasteiger partial charge in [0.25, 0.3) is 0 Å². The standard InChI is InChI=1S/C10H7BrF2O3/c1-16-9(10(14)15)4-6-7(12)2-5(11)3-8(6)13/h2-4H,1H3,(H,14,15)/b9-4-. The molecule has 0 atom stereocenters. The van der Waals surface area contributed by atoms with Crippen molar-refractivity contribution in [3.05, 3.63) is 39.6 Å². The molecule has 0 radical (unpaired) electrons. The van der Waals surface area contributed by atoms with Crippen molar-refractivity contribution in [3.8, 4) is 0 Å². The highest BCUT2D eigenvalue weighted by atomic mass is 79.9. The number of carboxylic acid groups (broad SMARTS) is 1. The lowest BCUT2D eigenvalue weighted by Crippen LogP contribution is -2.03. The van der Waals surface area contributed by atoms with Crippen molar-refractivity contribution < 1.29 is 23.4 Å². The van der Waals surface area contributed by atoms with Crippen LogP contribution < -0.4 is 0 Å². The van der Waals surface area contributed by atoms with Crippen LogP contribution in [-0.4, -0.2) is 18.2 Å². The number of hydrogen-bond donors (Lipinski definition) is 1. The highest BCUT2D eigenvalue weighted by molar-refractivity contribution is 9.10. The van der Waals surface area contributed by atoms with Crippen LogP contribution in [0.3, 0.4) is 0 Å². The van der Waals surface area contributed by atoms with Gasteiger partial charge in [0.2, 0.25) is 5.76 Å². The molecule has 0 unspecified atom stereocenters. The van der Waals surface area contributed by atoms with Gasteiger partial charge in [0.15, 0.2) is 0 Å². The van der Waals surface area contributed by atoms with E-state index in [0.29, 0.717) is 0 Å². The second-order valence-corrected chi connectivity index (χ2v) is 3.72. The van der Waals surface area contributed by atoms with E-state index in [4.69, 9.17) is 5.11 Å². The van der Waals surface area contributed by atoms with Gasteiger partial charge >= 0.3 is 5.97 Å². The molecule has 16 heavy (non-hydrogen) atoms. The number of hydrogen-bond acceptors (Lipinski definition) is 2. The molecule has 0 spiro atoms. The highest BCUT2D eigenvalue weighted by Gasteiger charge is 2.13. The molecule has 0 fully saturated rings. The first-order valence-electron chi connectivity index (χ1n) is 4.09. The quantitative estimate of drug-likeness (QED) is 0.688. The molecule has 1 rings (SSSR count). The van der Waals surface area contributed by atoms with Gasteiger partial charge in [-0.15, -0.1) is 0 Å². The van der Waals surface area contributed by atoms with Crippen molar-refractivity contribution in [1.82, 2.24) is 0 Å². The van der Waals surface area contributed by atoms with Gasteiger partial charge in [-0.3, -0.25) is 0 Å². The van der Waals surface area contributed by atoms with Crippen LogP contribution in [0.1, 0.15) is 5.56 Å². The van der Waals surface area contributed by atoms with E-state index >= 15 is 0 Å². The summed E-state index contributed by atoms with van der Waals surface area (Å²) in [7, 11) is 1.11. The Balaban J connectivity index is 3.29. The molecule has 1 aromatic carbocycles. The zero-order chi connectivity index (χ0) is 12.3. The van der Waals surface area contributed by atoms with E-state index in [0.717, 1.165) is 25.3 Å². The fourth-order valence-corrected chi connectivity index (χ4v) is 1.43. The van der Waals surface area contributed by atoms with Gasteiger partial charge in [-0.1, -0.05) is 15.9 Å². The fraction of sp³-hybridized carbons (Fsp3) is 0.100. The predicted octanol–water partition coefficient (Wildman–Crippen LogP) is 2.80. The molecular weight excluding hydrogens is 286 g/mol. The third-order valence-corrected chi connectivity index (χ3v) is 2.21. The molecular formula is C10H7BrF2O3. The minimum absolute atomic E-state index is 0.231. The summed E-state index contributed by atoms with van der Waals surface area (Å²) in [5.74, 6) is -3.69. The van der Waals surface area contributed by atoms with E-state index in [1.165, 1.54) is 0 Å². The van der Waals surface area contributed by atoms with E-state index < -0.39 is 28.9 Å². The van der Waals surface area contributed by atoms with E-state index in [9.17, 15) is 13.6 Å². The van der Waals surface area contributed by atoms with E-state index in [2.05, 4.69) is 20.7 Å². The van der Waals surface area contributed by atoms with Crippen molar-refractivity contribution in [3.63, 3.8) is 0 Å². The van der Waals surface area contributed by atoms with Crippen LogP contribution in [0.15, 0.2) is 22.4 Å². The minimum Gasteiger partial charge on any atom is -0.490 e. The van der Waals surface area contributed by atoms with Crippen LogP contribution in [0.25, 0.3) is 6.08 Å². The van der Waals surface area contributed by atoms with Gasteiger partial charge in [-0.05, 0) is 12.1 Å². The summed E-state index contributed by atoms with van der Waals surface area (Å²) in [5, 5.41) is 8.62. The third kappa shape index (κ3) is 2.79. The van der Waals surface area contributed by atoms with E-state index in [1.54, 1.807) is 0 Å². The smallest absolute Gasteiger partial charge is 0.371 e. The largest absolute Gasteiger partial charge is 0.490 e. The Morgan fingerprint density at radius 3 is 2.31 bits per heavy atom. The SMILES string of the molecule is CO/C(=C\c1c(F)cc(Br)cc1F)C(=O)O. The van der Waals surface area contributed by atoms with Gasteiger partial charge in [0, 0.05) is 10.5 Å². The van der Waals surface area contributed by atoms with Crippen LogP contribution in [0.5, 0.6) is 0 Å². The molecule has 6 heteroatoms. The van der Waals surface area contributed by atoms with Crippen LogP contribution in [0, 0.1) is 11.6 Å². The maximum absolute atomic E-state index is 13.3. The van der Waals surface area contributed by atoms with Gasteiger partial charge in [-0.2, -0.15) is 0 Å². The average molecular weight is 293 g/mol. The molecule has 0 heterocycles. The van der Waals surface area contributed by atoms with Gasteiger partial charge in [0.05, 0.1) is 12.7 Å². The van der Waals surface area contributed by atoms with Gasteiger partial charge < -0.3 is 9.84 Å². The number of aliphatic carboxylic acids is 1. The normalized spacial score (nSPS) is 11.4. The number of carboxylic acids is 1. The number of halogens is 3. The number of rotatable bonds is 3. The summed E-state index contributed by atoms with van der Waals surface area (Å²) in [6.45, 7) is 0. The number of methoxy groups -OCH3 is 1. The Hall–Kier alpha value is -1.43. The van der Waals surface area contributed by atoms with Crippen LogP contribution in [-0.2, 0) is 9.53 Å². The molecule has 0 aromatic heterocycles. The predicted molar refractivity (Wildman–Crippen MR) is 56.7 cm³/mol. The molecule has 3 nitrogen and oxygen atoms in total. The van der Waals surface area contributed by atoms with Crippen LogP contribution in [0.2, 0.25) is 0 Å². The maximum atomic E-state index is 13.3. The second kappa shape index (κ2) is 5.07. The summed E-state index contributed by atoms with van der Waals surface area (Å²) in [4.78, 5) is 10.6. The number of carbonyl (C=O) groups is 1. The first-order valence-corrected chi connectivity index (χ1v) is 4.88. The first kappa shape index (κ1) is 12.6. The molecule has 0 saturated heterocycles. The molecule has 0 bridgehead atoms. The van der Waals surface area contributed by atoms with Crippen molar-refractivity contribution in [2.45, 2.75) is 0 Å². The minimum atomic E-state index is -1.40. The zero-order valence-electron chi connectivity index (χ0n) is 8.13. The number of ether oxygens (including phenoxy) is 1. The Morgan fingerprint density at radius 2 is 1.94 bits per heavy atom. The molecule has 1 aromatic rings. The van der Waals surface area contributed by atoms with Gasteiger partial charge in [-0.25, -0.2) is 13.6 Å². The summed E-state index contributed by atoms with van der Waals surface area (Å²) in [5.41, 5.74) is -0.456. The molecule has 0 aliphatic carbocycles. The van der Waals surface area contributed by atoms with Crippen molar-refractivity contribution in [2.24, 2.45) is 0 Å². The Bertz CT molecular complexity index is 434. The molecule has 1 N–H and O–H groups in total. The Kier molecular flexibility index (Phi) is 4.00. The third-order valence-electron chi connectivity index (χ3n) is 1.75. The lowest BCUT2D eigenvalue weighted by Gasteiger charge is -2.03. The summed E-state index contributed by atoms with van der Waals surface area (Å²) in [6.07, 6.45) is 0.791. The zero-order valence-corrected chi connectivity index (χ0v) is 9.72. The van der Waals surface area contributed by atoms with Gasteiger partial charge in [0.1, 0.15) is 11.6 Å². The average Bonchev–Trinajstić information content (AvgIpc) is 2.15. The van der Waals surface area contributed by atoms with Crippen LogP contribution >= 0.6 is 15.9 Å². The Morgan fingerprint density at radius 1 is 1.44 bits per heavy atom. The fourth-order valence-electron chi connectivity index (χ4n) is 1.03. The van der Waals surface area contributed by atoms with E-state index in [-0.39, 0.29) is 4.47 Å². The molecule has 0 aliphatic heterocycles. The lowest BCUT2D eigenvalue weighted by atomic mass is 10.1. The monoisotopic (exact) mass is 292 g/mol. The van der Waals surface area contributed by atoms with Crippen molar-refractivity contribution >= 4 is 28.0 Å². The second-order valence-electron chi connectivity index (χ2n) is 2.80. The molecule has 86 valence electrons. The summed E-state index contributed by atoms with van der Waals surface area (Å²) >= 11 is 2.91.